The molecule has 2 amide bonds. The molecule has 2 N–H and O–H groups in total. The van der Waals surface area contributed by atoms with Crippen LogP contribution in [0.3, 0.4) is 0 Å². The largest absolute Gasteiger partial charge is 0.338 e. The summed E-state index contributed by atoms with van der Waals surface area (Å²) in [4.78, 5) is 11.9. The average Bonchev–Trinajstić information content (AvgIpc) is 2.49. The zero-order valence-corrected chi connectivity index (χ0v) is 14.6. The molecular formula is C19H23ClN2O. The minimum atomic E-state index is -0.208. The summed E-state index contributed by atoms with van der Waals surface area (Å²) in [5.74, 6) is 0. The third kappa shape index (κ3) is 5.29. The lowest BCUT2D eigenvalue weighted by atomic mass is 9.87. The summed E-state index contributed by atoms with van der Waals surface area (Å²) in [6.07, 6.45) is 0.704. The van der Waals surface area contributed by atoms with Gasteiger partial charge in [-0.05, 0) is 41.2 Å². The molecule has 2 aromatic carbocycles. The molecule has 0 spiro atoms. The van der Waals surface area contributed by atoms with Crippen LogP contribution < -0.4 is 10.6 Å². The molecular weight excluding hydrogens is 308 g/mol. The zero-order chi connectivity index (χ0) is 16.9. The van der Waals surface area contributed by atoms with Gasteiger partial charge in [0, 0.05) is 17.3 Å². The molecule has 3 nitrogen and oxygen atoms in total. The Kier molecular flexibility index (Phi) is 5.67. The molecule has 0 aliphatic heterocycles. The van der Waals surface area contributed by atoms with Crippen LogP contribution in [0.4, 0.5) is 10.5 Å². The van der Waals surface area contributed by atoms with Crippen molar-refractivity contribution in [2.75, 3.05) is 11.9 Å². The first-order valence-electron chi connectivity index (χ1n) is 7.75. The maximum absolute atomic E-state index is 11.9. The second-order valence-electron chi connectivity index (χ2n) is 6.55. The fourth-order valence-corrected chi connectivity index (χ4v) is 2.47. The lowest BCUT2D eigenvalue weighted by molar-refractivity contribution is 0.252. The minimum Gasteiger partial charge on any atom is -0.338 e. The molecule has 23 heavy (non-hydrogen) atoms. The van der Waals surface area contributed by atoms with E-state index in [1.807, 2.05) is 48.5 Å². The standard InChI is InChI=1S/C19H23ClN2O/c1-19(2,3)15-8-10-16(11-9-15)22-18(23)21-13-12-14-6-4-5-7-17(14)20/h4-11H,12-13H2,1-3H3,(H2,21,22,23). The third-order valence-electron chi connectivity index (χ3n) is 3.65. The number of urea groups is 1. The number of carbonyl (C=O) groups is 1. The SMILES string of the molecule is CC(C)(C)c1ccc(NC(=O)NCCc2ccccc2Cl)cc1. The van der Waals surface area contributed by atoms with E-state index in [2.05, 4.69) is 31.4 Å². The van der Waals surface area contributed by atoms with Gasteiger partial charge in [0.05, 0.1) is 0 Å². The van der Waals surface area contributed by atoms with E-state index < -0.39 is 0 Å². The van der Waals surface area contributed by atoms with Crippen molar-refractivity contribution in [3.63, 3.8) is 0 Å². The second-order valence-corrected chi connectivity index (χ2v) is 6.96. The number of hydrogen-bond donors (Lipinski definition) is 2. The fourth-order valence-electron chi connectivity index (χ4n) is 2.24. The highest BCUT2D eigenvalue weighted by Crippen LogP contribution is 2.23. The molecule has 0 fully saturated rings. The predicted molar refractivity (Wildman–Crippen MR) is 97.3 cm³/mol. The van der Waals surface area contributed by atoms with Gasteiger partial charge in [0.15, 0.2) is 0 Å². The van der Waals surface area contributed by atoms with Gasteiger partial charge in [0.1, 0.15) is 0 Å². The van der Waals surface area contributed by atoms with Crippen LogP contribution in [-0.4, -0.2) is 12.6 Å². The van der Waals surface area contributed by atoms with Crippen molar-refractivity contribution in [2.45, 2.75) is 32.6 Å². The molecule has 0 bridgehead atoms. The molecule has 0 saturated carbocycles. The van der Waals surface area contributed by atoms with E-state index in [0.717, 1.165) is 16.3 Å². The predicted octanol–water partition coefficient (Wildman–Crippen LogP) is 5.00. The van der Waals surface area contributed by atoms with Crippen molar-refractivity contribution in [2.24, 2.45) is 0 Å². The molecule has 122 valence electrons. The maximum atomic E-state index is 11.9. The van der Waals surface area contributed by atoms with Crippen molar-refractivity contribution < 1.29 is 4.79 Å². The van der Waals surface area contributed by atoms with Crippen LogP contribution in [0.2, 0.25) is 5.02 Å². The van der Waals surface area contributed by atoms with E-state index in [1.165, 1.54) is 5.56 Å². The molecule has 0 atom stereocenters. The van der Waals surface area contributed by atoms with E-state index >= 15 is 0 Å². The van der Waals surface area contributed by atoms with E-state index in [-0.39, 0.29) is 11.4 Å². The summed E-state index contributed by atoms with van der Waals surface area (Å²) in [6.45, 7) is 7.03. The topological polar surface area (TPSA) is 41.1 Å². The second kappa shape index (κ2) is 7.51. The maximum Gasteiger partial charge on any atom is 0.319 e. The van der Waals surface area contributed by atoms with Crippen LogP contribution >= 0.6 is 11.6 Å². The highest BCUT2D eigenvalue weighted by atomic mass is 35.5. The Morgan fingerprint density at radius 1 is 1.04 bits per heavy atom. The number of anilines is 1. The Hall–Kier alpha value is -2.00. The first kappa shape index (κ1) is 17.4. The monoisotopic (exact) mass is 330 g/mol. The Labute approximate surface area is 143 Å². The number of rotatable bonds is 4. The van der Waals surface area contributed by atoms with Crippen molar-refractivity contribution in [3.8, 4) is 0 Å². The quantitative estimate of drug-likeness (QED) is 0.813. The highest BCUT2D eigenvalue weighted by Gasteiger charge is 2.13. The minimum absolute atomic E-state index is 0.107. The normalized spacial score (nSPS) is 11.1. The van der Waals surface area contributed by atoms with Crippen LogP contribution in [0, 0.1) is 0 Å². The van der Waals surface area contributed by atoms with E-state index in [4.69, 9.17) is 11.6 Å². The van der Waals surface area contributed by atoms with Crippen LogP contribution in [-0.2, 0) is 11.8 Å². The van der Waals surface area contributed by atoms with Gasteiger partial charge in [-0.15, -0.1) is 0 Å². The van der Waals surface area contributed by atoms with Gasteiger partial charge in [-0.1, -0.05) is 62.7 Å². The smallest absolute Gasteiger partial charge is 0.319 e. The lowest BCUT2D eigenvalue weighted by Gasteiger charge is -2.19. The van der Waals surface area contributed by atoms with Gasteiger partial charge in [-0.3, -0.25) is 0 Å². The first-order chi connectivity index (χ1) is 10.9. The number of carbonyl (C=O) groups excluding carboxylic acids is 1. The number of benzene rings is 2. The van der Waals surface area contributed by atoms with Crippen molar-refractivity contribution >= 4 is 23.3 Å². The van der Waals surface area contributed by atoms with Gasteiger partial charge in [-0.2, -0.15) is 0 Å². The van der Waals surface area contributed by atoms with Crippen molar-refractivity contribution in [3.05, 3.63) is 64.7 Å². The molecule has 0 aliphatic carbocycles. The molecule has 2 rings (SSSR count). The van der Waals surface area contributed by atoms with Crippen LogP contribution in [0.5, 0.6) is 0 Å². The van der Waals surface area contributed by atoms with Crippen LogP contribution in [0.15, 0.2) is 48.5 Å². The van der Waals surface area contributed by atoms with Crippen LogP contribution in [0.1, 0.15) is 31.9 Å². The fraction of sp³-hybridized carbons (Fsp3) is 0.316. The molecule has 0 radical (unpaired) electrons. The van der Waals surface area contributed by atoms with Gasteiger partial charge >= 0.3 is 6.03 Å². The summed E-state index contributed by atoms with van der Waals surface area (Å²) < 4.78 is 0. The molecule has 0 aliphatic rings. The van der Waals surface area contributed by atoms with Crippen LogP contribution in [0.25, 0.3) is 0 Å². The van der Waals surface area contributed by atoms with Gasteiger partial charge in [-0.25, -0.2) is 4.79 Å². The Morgan fingerprint density at radius 2 is 1.70 bits per heavy atom. The summed E-state index contributed by atoms with van der Waals surface area (Å²) in [6, 6.07) is 15.4. The number of halogens is 1. The lowest BCUT2D eigenvalue weighted by Crippen LogP contribution is -2.30. The number of hydrogen-bond acceptors (Lipinski definition) is 1. The van der Waals surface area contributed by atoms with Crippen molar-refractivity contribution in [1.82, 2.24) is 5.32 Å². The molecule has 0 saturated heterocycles. The van der Waals surface area contributed by atoms with E-state index in [1.54, 1.807) is 0 Å². The van der Waals surface area contributed by atoms with E-state index in [0.29, 0.717) is 13.0 Å². The van der Waals surface area contributed by atoms with E-state index in [9.17, 15) is 4.79 Å². The zero-order valence-electron chi connectivity index (χ0n) is 13.8. The Bertz CT molecular complexity index is 660. The molecule has 0 heterocycles. The number of amides is 2. The van der Waals surface area contributed by atoms with Gasteiger partial charge in [0.25, 0.3) is 0 Å². The third-order valence-corrected chi connectivity index (χ3v) is 4.02. The summed E-state index contributed by atoms with van der Waals surface area (Å²) >= 11 is 6.09. The molecule has 4 heteroatoms. The van der Waals surface area contributed by atoms with Gasteiger partial charge in [0.2, 0.25) is 0 Å². The Morgan fingerprint density at radius 3 is 2.30 bits per heavy atom. The molecule has 0 unspecified atom stereocenters. The highest BCUT2D eigenvalue weighted by molar-refractivity contribution is 6.31. The number of nitrogens with one attached hydrogen (secondary N) is 2. The summed E-state index contributed by atoms with van der Waals surface area (Å²) in [5, 5.41) is 6.41. The average molecular weight is 331 g/mol. The van der Waals surface area contributed by atoms with Crippen molar-refractivity contribution in [1.29, 1.82) is 0 Å². The summed E-state index contributed by atoms with van der Waals surface area (Å²) in [7, 11) is 0. The summed E-state index contributed by atoms with van der Waals surface area (Å²) in [5.41, 5.74) is 3.16. The Balaban J connectivity index is 1.82. The first-order valence-corrected chi connectivity index (χ1v) is 8.13. The molecule has 2 aromatic rings. The molecule has 0 aromatic heterocycles. The van der Waals surface area contributed by atoms with Gasteiger partial charge < -0.3 is 10.6 Å².